The van der Waals surface area contributed by atoms with Gasteiger partial charge in [-0.2, -0.15) is 0 Å². The first-order valence-corrected chi connectivity index (χ1v) is 8.41. The lowest BCUT2D eigenvalue weighted by Gasteiger charge is -2.35. The summed E-state index contributed by atoms with van der Waals surface area (Å²) in [5.41, 5.74) is 2.20. The Bertz CT molecular complexity index is 637. The standard InChI is InChI=1S/C18H25FN4O/c1-14(15-3-5-16(19)6-4-15)23-13-21-11-17(23)18(12-24-2)22-9-7-20-8-10-22/h3-6,11,13-14,18,20H,7-10,12H2,1-2H3/t14-,18?/m1/s1. The Hall–Kier alpha value is -1.76. The maximum atomic E-state index is 13.2. The largest absolute Gasteiger partial charge is 0.383 e. The molecule has 1 unspecified atom stereocenters. The van der Waals surface area contributed by atoms with Crippen LogP contribution in [-0.2, 0) is 4.74 Å². The van der Waals surface area contributed by atoms with Crippen molar-refractivity contribution in [1.82, 2.24) is 19.8 Å². The van der Waals surface area contributed by atoms with E-state index < -0.39 is 0 Å². The zero-order valence-electron chi connectivity index (χ0n) is 14.3. The molecule has 1 N–H and O–H groups in total. The average molecular weight is 332 g/mol. The van der Waals surface area contributed by atoms with Gasteiger partial charge in [-0.1, -0.05) is 12.1 Å². The fraction of sp³-hybridized carbons (Fsp3) is 0.500. The number of halogens is 1. The number of benzene rings is 1. The third kappa shape index (κ3) is 3.66. The molecule has 0 spiro atoms. The minimum Gasteiger partial charge on any atom is -0.383 e. The molecule has 24 heavy (non-hydrogen) atoms. The summed E-state index contributed by atoms with van der Waals surface area (Å²) in [6, 6.07) is 6.93. The smallest absolute Gasteiger partial charge is 0.123 e. The molecule has 130 valence electrons. The van der Waals surface area contributed by atoms with Crippen molar-refractivity contribution >= 4 is 0 Å². The van der Waals surface area contributed by atoms with Gasteiger partial charge in [0, 0.05) is 39.5 Å². The number of hydrogen-bond donors (Lipinski definition) is 1. The molecule has 1 saturated heterocycles. The van der Waals surface area contributed by atoms with Crippen molar-refractivity contribution in [2.24, 2.45) is 0 Å². The van der Waals surface area contributed by atoms with Crippen molar-refractivity contribution < 1.29 is 9.13 Å². The lowest BCUT2D eigenvalue weighted by molar-refractivity contribution is 0.0767. The molecule has 2 heterocycles. The molecular formula is C18H25FN4O. The monoisotopic (exact) mass is 332 g/mol. The molecule has 5 nitrogen and oxygen atoms in total. The molecule has 2 atom stereocenters. The SMILES string of the molecule is COCC(c1cncn1[C@H](C)c1ccc(F)cc1)N1CCNCC1. The summed E-state index contributed by atoms with van der Waals surface area (Å²) in [5.74, 6) is -0.213. The van der Waals surface area contributed by atoms with E-state index in [0.717, 1.165) is 37.4 Å². The highest BCUT2D eigenvalue weighted by atomic mass is 19.1. The highest BCUT2D eigenvalue weighted by Crippen LogP contribution is 2.27. The zero-order valence-corrected chi connectivity index (χ0v) is 14.3. The summed E-state index contributed by atoms with van der Waals surface area (Å²) in [5, 5.41) is 3.39. The predicted molar refractivity (Wildman–Crippen MR) is 91.5 cm³/mol. The van der Waals surface area contributed by atoms with E-state index in [-0.39, 0.29) is 17.9 Å². The molecule has 0 amide bonds. The Kier molecular flexibility index (Phi) is 5.60. The van der Waals surface area contributed by atoms with Gasteiger partial charge in [0.25, 0.3) is 0 Å². The number of rotatable bonds is 6. The zero-order chi connectivity index (χ0) is 16.9. The molecule has 0 bridgehead atoms. The first kappa shape index (κ1) is 17.1. The second kappa shape index (κ2) is 7.88. The lowest BCUT2D eigenvalue weighted by Crippen LogP contribution is -2.46. The summed E-state index contributed by atoms with van der Waals surface area (Å²) < 4.78 is 20.8. The van der Waals surface area contributed by atoms with E-state index >= 15 is 0 Å². The quantitative estimate of drug-likeness (QED) is 0.881. The fourth-order valence-electron chi connectivity index (χ4n) is 3.33. The Morgan fingerprint density at radius 1 is 1.25 bits per heavy atom. The van der Waals surface area contributed by atoms with E-state index in [1.807, 2.05) is 24.7 Å². The molecule has 0 radical (unpaired) electrons. The number of nitrogens with zero attached hydrogens (tertiary/aromatic N) is 3. The molecule has 1 fully saturated rings. The van der Waals surface area contributed by atoms with Crippen molar-refractivity contribution in [3.05, 3.63) is 53.9 Å². The van der Waals surface area contributed by atoms with E-state index in [9.17, 15) is 4.39 Å². The summed E-state index contributed by atoms with van der Waals surface area (Å²) in [6.07, 6.45) is 3.78. The Morgan fingerprint density at radius 3 is 2.62 bits per heavy atom. The number of hydrogen-bond acceptors (Lipinski definition) is 4. The third-order valence-electron chi connectivity index (χ3n) is 4.72. The second-order valence-corrected chi connectivity index (χ2v) is 6.21. The van der Waals surface area contributed by atoms with E-state index in [2.05, 4.69) is 26.7 Å². The van der Waals surface area contributed by atoms with Crippen LogP contribution in [0.5, 0.6) is 0 Å². The highest BCUT2D eigenvalue weighted by molar-refractivity contribution is 5.22. The van der Waals surface area contributed by atoms with Gasteiger partial charge in [-0.3, -0.25) is 4.90 Å². The normalized spacial score (nSPS) is 18.5. The van der Waals surface area contributed by atoms with Gasteiger partial charge in [0.2, 0.25) is 0 Å². The number of nitrogens with one attached hydrogen (secondary N) is 1. The van der Waals surface area contributed by atoms with Gasteiger partial charge in [-0.05, 0) is 24.6 Å². The van der Waals surface area contributed by atoms with Crippen molar-refractivity contribution in [2.45, 2.75) is 19.0 Å². The topological polar surface area (TPSA) is 42.3 Å². The average Bonchev–Trinajstić information content (AvgIpc) is 3.10. The summed E-state index contributed by atoms with van der Waals surface area (Å²) >= 11 is 0. The van der Waals surface area contributed by atoms with Gasteiger partial charge in [-0.25, -0.2) is 9.37 Å². The van der Waals surface area contributed by atoms with E-state index in [1.54, 1.807) is 7.11 Å². The van der Waals surface area contributed by atoms with Crippen LogP contribution in [0.2, 0.25) is 0 Å². The minimum atomic E-state index is -0.213. The first-order chi connectivity index (χ1) is 11.7. The van der Waals surface area contributed by atoms with E-state index in [1.165, 1.54) is 12.1 Å². The van der Waals surface area contributed by atoms with Gasteiger partial charge in [0.15, 0.2) is 0 Å². The van der Waals surface area contributed by atoms with Crippen LogP contribution in [0.15, 0.2) is 36.8 Å². The molecule has 2 aromatic rings. The van der Waals surface area contributed by atoms with Crippen LogP contribution < -0.4 is 5.32 Å². The van der Waals surface area contributed by atoms with Crippen molar-refractivity contribution in [3.8, 4) is 0 Å². The first-order valence-electron chi connectivity index (χ1n) is 8.41. The maximum Gasteiger partial charge on any atom is 0.123 e. The van der Waals surface area contributed by atoms with E-state index in [4.69, 9.17) is 4.74 Å². The predicted octanol–water partition coefficient (Wildman–Crippen LogP) is 2.22. The molecule has 1 aliphatic rings. The Labute approximate surface area is 142 Å². The Morgan fingerprint density at radius 2 is 1.96 bits per heavy atom. The van der Waals surface area contributed by atoms with Crippen LogP contribution >= 0.6 is 0 Å². The number of aromatic nitrogens is 2. The number of methoxy groups -OCH3 is 1. The van der Waals surface area contributed by atoms with Crippen LogP contribution in [0.3, 0.4) is 0 Å². The molecular weight excluding hydrogens is 307 g/mol. The van der Waals surface area contributed by atoms with Crippen molar-refractivity contribution in [1.29, 1.82) is 0 Å². The molecule has 1 aliphatic heterocycles. The number of piperazine rings is 1. The third-order valence-corrected chi connectivity index (χ3v) is 4.72. The molecule has 0 aliphatic carbocycles. The summed E-state index contributed by atoms with van der Waals surface area (Å²) in [4.78, 5) is 6.81. The number of ether oxygens (including phenoxy) is 1. The van der Waals surface area contributed by atoms with Crippen LogP contribution in [0, 0.1) is 5.82 Å². The molecule has 1 aromatic heterocycles. The van der Waals surface area contributed by atoms with Gasteiger partial charge in [0.1, 0.15) is 5.82 Å². The van der Waals surface area contributed by atoms with Gasteiger partial charge in [-0.15, -0.1) is 0 Å². The summed E-state index contributed by atoms with van der Waals surface area (Å²) in [6.45, 7) is 6.69. The fourth-order valence-corrected chi connectivity index (χ4v) is 3.33. The molecule has 1 aromatic carbocycles. The van der Waals surface area contributed by atoms with Crippen LogP contribution in [0.25, 0.3) is 0 Å². The van der Waals surface area contributed by atoms with Crippen molar-refractivity contribution in [2.75, 3.05) is 39.9 Å². The van der Waals surface area contributed by atoms with Gasteiger partial charge >= 0.3 is 0 Å². The molecule has 0 saturated carbocycles. The Balaban J connectivity index is 1.87. The van der Waals surface area contributed by atoms with E-state index in [0.29, 0.717) is 6.61 Å². The van der Waals surface area contributed by atoms with Gasteiger partial charge in [0.05, 0.1) is 30.7 Å². The maximum absolute atomic E-state index is 13.2. The summed E-state index contributed by atoms with van der Waals surface area (Å²) in [7, 11) is 1.74. The molecule has 6 heteroatoms. The lowest BCUT2D eigenvalue weighted by atomic mass is 10.1. The van der Waals surface area contributed by atoms with Crippen LogP contribution in [-0.4, -0.2) is 54.3 Å². The molecule has 3 rings (SSSR count). The van der Waals surface area contributed by atoms with Crippen LogP contribution in [0.4, 0.5) is 4.39 Å². The second-order valence-electron chi connectivity index (χ2n) is 6.21. The van der Waals surface area contributed by atoms with Gasteiger partial charge < -0.3 is 14.6 Å². The number of imidazole rings is 1. The van der Waals surface area contributed by atoms with Crippen molar-refractivity contribution in [3.63, 3.8) is 0 Å². The highest BCUT2D eigenvalue weighted by Gasteiger charge is 2.26. The minimum absolute atomic E-state index is 0.0883. The van der Waals surface area contributed by atoms with Crippen LogP contribution in [0.1, 0.15) is 30.3 Å².